The Kier molecular flexibility index (Phi) is 4.14. The number of halogens is 3. The summed E-state index contributed by atoms with van der Waals surface area (Å²) in [7, 11) is 0. The van der Waals surface area contributed by atoms with Crippen LogP contribution in [0, 0.1) is 0 Å². The summed E-state index contributed by atoms with van der Waals surface area (Å²) in [5.41, 5.74) is 0.281. The van der Waals surface area contributed by atoms with Gasteiger partial charge in [0.15, 0.2) is 0 Å². The van der Waals surface area contributed by atoms with Crippen LogP contribution < -0.4 is 5.56 Å². The number of alkyl halides is 3. The second kappa shape index (κ2) is 6.35. The first-order valence-corrected chi connectivity index (χ1v) is 8.98. The lowest BCUT2D eigenvalue weighted by Gasteiger charge is -2.09. The minimum absolute atomic E-state index is 0.263. The summed E-state index contributed by atoms with van der Waals surface area (Å²) in [5, 5.41) is 4.62. The molecular weight excluding hydrogens is 363 g/mol. The molecule has 0 unspecified atom stereocenters. The molecule has 3 aromatic rings. The van der Waals surface area contributed by atoms with E-state index >= 15 is 0 Å². The van der Waals surface area contributed by atoms with Crippen LogP contribution in [0.15, 0.2) is 40.5 Å². The van der Waals surface area contributed by atoms with Gasteiger partial charge in [-0.05, 0) is 48.9 Å². The van der Waals surface area contributed by atoms with E-state index in [2.05, 4.69) is 10.1 Å². The normalized spacial score (nSPS) is 14.9. The maximum Gasteiger partial charge on any atom is 0.416 e. The largest absolute Gasteiger partial charge is 0.416 e. The highest BCUT2D eigenvalue weighted by atomic mass is 32.1. The molecule has 4 rings (SSSR count). The fourth-order valence-corrected chi connectivity index (χ4v) is 4.36. The van der Waals surface area contributed by atoms with Crippen molar-refractivity contribution in [3.8, 4) is 0 Å². The molecule has 0 saturated heterocycles. The smallest absolute Gasteiger partial charge is 0.267 e. The highest BCUT2D eigenvalue weighted by Crippen LogP contribution is 2.33. The Morgan fingerprint density at radius 1 is 1.23 bits per heavy atom. The van der Waals surface area contributed by atoms with Gasteiger partial charge in [-0.15, -0.1) is 11.3 Å². The van der Waals surface area contributed by atoms with E-state index in [1.807, 2.05) is 0 Å². The predicted octanol–water partition coefficient (Wildman–Crippen LogP) is 4.24. The third-order valence-corrected chi connectivity index (χ3v) is 5.60. The lowest BCUT2D eigenvalue weighted by Crippen LogP contribution is -2.18. The number of rotatable bonds is 2. The lowest BCUT2D eigenvalue weighted by atomic mass is 9.97. The molecule has 1 aliphatic rings. The Morgan fingerprint density at radius 3 is 2.85 bits per heavy atom. The quantitative estimate of drug-likeness (QED) is 0.627. The monoisotopic (exact) mass is 377 g/mol. The van der Waals surface area contributed by atoms with E-state index in [0.29, 0.717) is 10.2 Å². The number of nitrogens with zero attached hydrogens (tertiary/aromatic N) is 3. The third-order valence-electron chi connectivity index (χ3n) is 4.40. The van der Waals surface area contributed by atoms with Crippen LogP contribution >= 0.6 is 11.3 Å². The van der Waals surface area contributed by atoms with Gasteiger partial charge >= 0.3 is 6.18 Å². The molecule has 8 heteroatoms. The molecule has 0 aliphatic heterocycles. The molecule has 0 fully saturated rings. The van der Waals surface area contributed by atoms with Crippen LogP contribution in [0.1, 0.15) is 34.4 Å². The molecule has 1 aromatic carbocycles. The molecule has 26 heavy (non-hydrogen) atoms. The van der Waals surface area contributed by atoms with E-state index in [4.69, 9.17) is 0 Å². The van der Waals surface area contributed by atoms with Crippen LogP contribution in [-0.2, 0) is 19.0 Å². The van der Waals surface area contributed by atoms with Crippen molar-refractivity contribution in [1.29, 1.82) is 0 Å². The maximum atomic E-state index is 12.8. The molecule has 0 radical (unpaired) electrons. The van der Waals surface area contributed by atoms with Crippen LogP contribution in [0.4, 0.5) is 13.2 Å². The fourth-order valence-electron chi connectivity index (χ4n) is 3.14. The third kappa shape index (κ3) is 3.05. The average molecular weight is 377 g/mol. The average Bonchev–Trinajstić information content (AvgIpc) is 3.00. The molecule has 0 bridgehead atoms. The molecule has 0 N–H and O–H groups in total. The Balaban J connectivity index is 1.73. The van der Waals surface area contributed by atoms with E-state index in [0.717, 1.165) is 48.1 Å². The van der Waals surface area contributed by atoms with Gasteiger partial charge < -0.3 is 0 Å². The number of aromatic nitrogens is 2. The summed E-state index contributed by atoms with van der Waals surface area (Å²) < 4.78 is 39.4. The first-order chi connectivity index (χ1) is 12.4. The van der Waals surface area contributed by atoms with Gasteiger partial charge in [0, 0.05) is 4.88 Å². The Bertz CT molecular complexity index is 1070. The van der Waals surface area contributed by atoms with Crippen molar-refractivity contribution < 1.29 is 13.2 Å². The molecule has 134 valence electrons. The number of thiophene rings is 1. The summed E-state index contributed by atoms with van der Waals surface area (Å²) in [6.07, 6.45) is 2.11. The Hall–Kier alpha value is -2.48. The van der Waals surface area contributed by atoms with Crippen LogP contribution in [0.3, 0.4) is 0 Å². The van der Waals surface area contributed by atoms with Crippen LogP contribution in [0.5, 0.6) is 0 Å². The zero-order valence-electron chi connectivity index (χ0n) is 13.6. The van der Waals surface area contributed by atoms with E-state index in [-0.39, 0.29) is 11.1 Å². The zero-order valence-corrected chi connectivity index (χ0v) is 14.4. The molecule has 0 spiro atoms. The van der Waals surface area contributed by atoms with Gasteiger partial charge in [-0.2, -0.15) is 22.9 Å². The van der Waals surface area contributed by atoms with Gasteiger partial charge in [0.2, 0.25) is 0 Å². The zero-order chi connectivity index (χ0) is 18.3. The first kappa shape index (κ1) is 17.0. The summed E-state index contributed by atoms with van der Waals surface area (Å²) in [5.74, 6) is 0. The number of hydrogen-bond acceptors (Lipinski definition) is 4. The van der Waals surface area contributed by atoms with Gasteiger partial charge in [0.05, 0.1) is 17.2 Å². The van der Waals surface area contributed by atoms with E-state index in [1.54, 1.807) is 11.3 Å². The van der Waals surface area contributed by atoms with Crippen molar-refractivity contribution in [1.82, 2.24) is 9.66 Å². The van der Waals surface area contributed by atoms with E-state index < -0.39 is 11.7 Å². The summed E-state index contributed by atoms with van der Waals surface area (Å²) >= 11 is 1.54. The van der Waals surface area contributed by atoms with E-state index in [9.17, 15) is 18.0 Å². The van der Waals surface area contributed by atoms with Gasteiger partial charge in [0.1, 0.15) is 11.2 Å². The maximum absolute atomic E-state index is 12.8. The van der Waals surface area contributed by atoms with Gasteiger partial charge in [-0.1, -0.05) is 12.1 Å². The minimum atomic E-state index is -4.42. The minimum Gasteiger partial charge on any atom is -0.267 e. The Labute approximate surface area is 150 Å². The molecule has 1 aliphatic carbocycles. The SMILES string of the molecule is O=c1c2c3c(sc2ncn1/N=C/c1cccc(C(F)(F)F)c1)CCCC3. The second-order valence-electron chi connectivity index (χ2n) is 6.15. The fraction of sp³-hybridized carbons (Fsp3) is 0.278. The van der Waals surface area contributed by atoms with Crippen LogP contribution in [0.25, 0.3) is 10.2 Å². The first-order valence-electron chi connectivity index (χ1n) is 8.17. The molecular formula is C18H14F3N3OS. The predicted molar refractivity (Wildman–Crippen MR) is 95.0 cm³/mol. The number of benzene rings is 1. The molecule has 4 nitrogen and oxygen atoms in total. The van der Waals surface area contributed by atoms with E-state index in [1.165, 1.54) is 29.6 Å². The summed E-state index contributed by atoms with van der Waals surface area (Å²) in [6.45, 7) is 0. The van der Waals surface area contributed by atoms with Crippen molar-refractivity contribution in [2.24, 2.45) is 5.10 Å². The number of hydrogen-bond donors (Lipinski definition) is 0. The van der Waals surface area contributed by atoms with Crippen molar-refractivity contribution >= 4 is 27.8 Å². The van der Waals surface area contributed by atoms with Crippen molar-refractivity contribution in [2.75, 3.05) is 0 Å². The Morgan fingerprint density at radius 2 is 2.04 bits per heavy atom. The molecule has 2 aromatic heterocycles. The standard InChI is InChI=1S/C18H14F3N3OS/c19-18(20,21)12-5-3-4-11(8-12)9-23-24-10-22-16-15(17(24)25)13-6-1-2-7-14(13)26-16/h3-5,8-10H,1-2,6-7H2/b23-9+. The molecule has 0 saturated carbocycles. The molecule has 0 atom stereocenters. The summed E-state index contributed by atoms with van der Waals surface area (Å²) in [6, 6.07) is 4.80. The van der Waals surface area contributed by atoms with Crippen LogP contribution in [-0.4, -0.2) is 15.9 Å². The summed E-state index contributed by atoms with van der Waals surface area (Å²) in [4.78, 5) is 19.0. The topological polar surface area (TPSA) is 47.2 Å². The number of fused-ring (bicyclic) bond motifs is 3. The highest BCUT2D eigenvalue weighted by Gasteiger charge is 2.30. The molecule has 2 heterocycles. The van der Waals surface area contributed by atoms with Crippen molar-refractivity contribution in [3.63, 3.8) is 0 Å². The van der Waals surface area contributed by atoms with Crippen LogP contribution in [0.2, 0.25) is 0 Å². The number of aryl methyl sites for hydroxylation is 2. The van der Waals surface area contributed by atoms with Gasteiger partial charge in [-0.3, -0.25) is 4.79 Å². The molecule has 0 amide bonds. The van der Waals surface area contributed by atoms with Crippen molar-refractivity contribution in [3.05, 3.63) is 62.5 Å². The lowest BCUT2D eigenvalue weighted by molar-refractivity contribution is -0.137. The second-order valence-corrected chi connectivity index (χ2v) is 7.24. The highest BCUT2D eigenvalue weighted by molar-refractivity contribution is 7.18. The van der Waals surface area contributed by atoms with Crippen molar-refractivity contribution in [2.45, 2.75) is 31.9 Å². The van der Waals surface area contributed by atoms with Gasteiger partial charge in [-0.25, -0.2) is 4.98 Å². The van der Waals surface area contributed by atoms with Gasteiger partial charge in [0.25, 0.3) is 5.56 Å².